The van der Waals surface area contributed by atoms with E-state index in [1.54, 1.807) is 30.3 Å². The number of para-hydroxylation sites is 1. The molecule has 1 unspecified atom stereocenters. The van der Waals surface area contributed by atoms with Crippen molar-refractivity contribution in [2.75, 3.05) is 31.5 Å². The number of anilines is 1. The van der Waals surface area contributed by atoms with Crippen LogP contribution in [-0.2, 0) is 11.3 Å². The van der Waals surface area contributed by atoms with Crippen LogP contribution in [-0.4, -0.2) is 57.9 Å². The maximum atomic E-state index is 13.2. The van der Waals surface area contributed by atoms with Crippen LogP contribution >= 0.6 is 23.2 Å². The highest BCUT2D eigenvalue weighted by Gasteiger charge is 2.28. The second kappa shape index (κ2) is 11.6. The van der Waals surface area contributed by atoms with E-state index < -0.39 is 0 Å². The lowest BCUT2D eigenvalue weighted by Crippen LogP contribution is -2.40. The van der Waals surface area contributed by atoms with Gasteiger partial charge in [-0.1, -0.05) is 40.5 Å². The molecule has 0 saturated carbocycles. The third-order valence-electron chi connectivity index (χ3n) is 6.93. The molecule has 0 radical (unpaired) electrons. The van der Waals surface area contributed by atoms with E-state index in [2.05, 4.69) is 20.4 Å². The average molecular weight is 542 g/mol. The summed E-state index contributed by atoms with van der Waals surface area (Å²) in [5.41, 5.74) is 1.76. The van der Waals surface area contributed by atoms with E-state index in [-0.39, 0.29) is 17.7 Å². The van der Waals surface area contributed by atoms with Crippen LogP contribution in [0.2, 0.25) is 10.0 Å². The standard InChI is InChI=1S/C27H29Cl2N5O3/c28-19-10-11-20(22(29)15-19)25-31-24(37-32-25)17-33-12-6-7-18(16-33)26(35)30-23-9-3-2-8-21(23)27(36)34-13-4-1-5-14-34/h2-3,8-11,15,18H,1,4-7,12-14,16-17H2,(H,30,35). The quantitative estimate of drug-likeness (QED) is 0.441. The number of piperidine rings is 2. The molecule has 0 aliphatic carbocycles. The van der Waals surface area contributed by atoms with Gasteiger partial charge in [-0.3, -0.25) is 14.5 Å². The van der Waals surface area contributed by atoms with Gasteiger partial charge in [0.1, 0.15) is 0 Å². The van der Waals surface area contributed by atoms with Crippen molar-refractivity contribution in [2.45, 2.75) is 38.6 Å². The molecular formula is C27H29Cl2N5O3. The molecule has 2 saturated heterocycles. The van der Waals surface area contributed by atoms with E-state index in [0.29, 0.717) is 51.7 Å². The molecule has 0 bridgehead atoms. The Kier molecular flexibility index (Phi) is 8.08. The Bertz CT molecular complexity index is 1270. The fraction of sp³-hybridized carbons (Fsp3) is 0.407. The van der Waals surface area contributed by atoms with Gasteiger partial charge in [0.2, 0.25) is 17.6 Å². The van der Waals surface area contributed by atoms with E-state index >= 15 is 0 Å². The molecule has 8 nitrogen and oxygen atoms in total. The summed E-state index contributed by atoms with van der Waals surface area (Å²) in [5.74, 6) is 0.550. The zero-order chi connectivity index (χ0) is 25.8. The maximum Gasteiger partial charge on any atom is 0.255 e. The molecule has 3 heterocycles. The number of hydrogen-bond donors (Lipinski definition) is 1. The maximum absolute atomic E-state index is 13.2. The lowest BCUT2D eigenvalue weighted by Gasteiger charge is -2.31. The number of rotatable bonds is 6. The molecule has 1 N–H and O–H groups in total. The molecule has 2 fully saturated rings. The van der Waals surface area contributed by atoms with Gasteiger partial charge >= 0.3 is 0 Å². The number of carbonyl (C=O) groups is 2. The first kappa shape index (κ1) is 25.7. The largest absolute Gasteiger partial charge is 0.339 e. The third-order valence-corrected chi connectivity index (χ3v) is 7.48. The number of aromatic nitrogens is 2. The number of carbonyl (C=O) groups excluding carboxylic acids is 2. The van der Waals surface area contributed by atoms with Gasteiger partial charge in [0.05, 0.1) is 28.7 Å². The van der Waals surface area contributed by atoms with Gasteiger partial charge in [-0.05, 0) is 69.0 Å². The molecule has 37 heavy (non-hydrogen) atoms. The highest BCUT2D eigenvalue weighted by molar-refractivity contribution is 6.36. The van der Waals surface area contributed by atoms with Crippen LogP contribution in [0.25, 0.3) is 11.4 Å². The monoisotopic (exact) mass is 541 g/mol. The highest BCUT2D eigenvalue weighted by atomic mass is 35.5. The minimum atomic E-state index is -0.208. The van der Waals surface area contributed by atoms with Crippen LogP contribution in [0.5, 0.6) is 0 Å². The Morgan fingerprint density at radius 3 is 2.65 bits per heavy atom. The third kappa shape index (κ3) is 6.14. The van der Waals surface area contributed by atoms with Gasteiger partial charge in [-0.2, -0.15) is 4.98 Å². The number of hydrogen-bond acceptors (Lipinski definition) is 6. The molecule has 3 aromatic rings. The number of nitrogens with one attached hydrogen (secondary N) is 1. The molecular weight excluding hydrogens is 513 g/mol. The lowest BCUT2D eigenvalue weighted by atomic mass is 9.96. The van der Waals surface area contributed by atoms with Gasteiger partial charge in [0.15, 0.2) is 0 Å². The number of halogens is 2. The predicted octanol–water partition coefficient (Wildman–Crippen LogP) is 5.52. The van der Waals surface area contributed by atoms with Crippen LogP contribution < -0.4 is 5.32 Å². The zero-order valence-corrected chi connectivity index (χ0v) is 22.0. The Balaban J connectivity index is 1.22. The summed E-state index contributed by atoms with van der Waals surface area (Å²) in [4.78, 5) is 34.8. The van der Waals surface area contributed by atoms with Crippen molar-refractivity contribution in [3.05, 3.63) is 64.0 Å². The van der Waals surface area contributed by atoms with Crippen LogP contribution in [0.15, 0.2) is 47.0 Å². The van der Waals surface area contributed by atoms with Crippen LogP contribution in [0.4, 0.5) is 5.69 Å². The average Bonchev–Trinajstić information content (AvgIpc) is 3.37. The lowest BCUT2D eigenvalue weighted by molar-refractivity contribution is -0.121. The minimum Gasteiger partial charge on any atom is -0.339 e. The van der Waals surface area contributed by atoms with Gasteiger partial charge in [0.25, 0.3) is 5.91 Å². The second-order valence-corrected chi connectivity index (χ2v) is 10.4. The molecule has 2 aromatic carbocycles. The SMILES string of the molecule is O=C(Nc1ccccc1C(=O)N1CCCCC1)C1CCCN(Cc2nc(-c3ccc(Cl)cc3Cl)no2)C1. The van der Waals surface area contributed by atoms with Crippen LogP contribution in [0, 0.1) is 5.92 Å². The van der Waals surface area contributed by atoms with Crippen molar-refractivity contribution in [1.29, 1.82) is 0 Å². The van der Waals surface area contributed by atoms with Crippen molar-refractivity contribution in [3.8, 4) is 11.4 Å². The molecule has 194 valence electrons. The summed E-state index contributed by atoms with van der Waals surface area (Å²) in [6.45, 7) is 3.35. The van der Waals surface area contributed by atoms with E-state index in [1.165, 1.54) is 0 Å². The Morgan fingerprint density at radius 2 is 1.84 bits per heavy atom. The van der Waals surface area contributed by atoms with Crippen molar-refractivity contribution < 1.29 is 14.1 Å². The van der Waals surface area contributed by atoms with Gasteiger partial charge in [0, 0.05) is 30.2 Å². The van der Waals surface area contributed by atoms with Crippen LogP contribution in [0.1, 0.15) is 48.4 Å². The van der Waals surface area contributed by atoms with Gasteiger partial charge in [-0.25, -0.2) is 0 Å². The molecule has 10 heteroatoms. The van der Waals surface area contributed by atoms with E-state index in [1.807, 2.05) is 17.0 Å². The summed E-state index contributed by atoms with van der Waals surface area (Å²) < 4.78 is 5.46. The second-order valence-electron chi connectivity index (χ2n) is 9.60. The van der Waals surface area contributed by atoms with Crippen molar-refractivity contribution in [2.24, 2.45) is 5.92 Å². The molecule has 0 spiro atoms. The smallest absolute Gasteiger partial charge is 0.255 e. The highest BCUT2D eigenvalue weighted by Crippen LogP contribution is 2.29. The molecule has 2 aliphatic heterocycles. The van der Waals surface area contributed by atoms with Crippen molar-refractivity contribution in [3.63, 3.8) is 0 Å². The summed E-state index contributed by atoms with van der Waals surface area (Å²) in [6, 6.07) is 12.4. The van der Waals surface area contributed by atoms with E-state index in [4.69, 9.17) is 27.7 Å². The van der Waals surface area contributed by atoms with Crippen molar-refractivity contribution >= 4 is 40.7 Å². The molecule has 2 aliphatic rings. The number of amides is 2. The Morgan fingerprint density at radius 1 is 1.03 bits per heavy atom. The first-order chi connectivity index (χ1) is 18.0. The van der Waals surface area contributed by atoms with Crippen LogP contribution in [0.3, 0.4) is 0 Å². The minimum absolute atomic E-state index is 0.0196. The Hall–Kier alpha value is -2.94. The number of nitrogens with zero attached hydrogens (tertiary/aromatic N) is 4. The van der Waals surface area contributed by atoms with Gasteiger partial charge < -0.3 is 14.7 Å². The number of likely N-dealkylation sites (tertiary alicyclic amines) is 2. The summed E-state index contributed by atoms with van der Waals surface area (Å²) in [6.07, 6.45) is 4.84. The van der Waals surface area contributed by atoms with Crippen molar-refractivity contribution in [1.82, 2.24) is 19.9 Å². The predicted molar refractivity (Wildman–Crippen MR) is 143 cm³/mol. The molecule has 5 rings (SSSR count). The number of benzene rings is 2. The fourth-order valence-electron chi connectivity index (χ4n) is 4.98. The summed E-state index contributed by atoms with van der Waals surface area (Å²) in [7, 11) is 0. The topological polar surface area (TPSA) is 91.6 Å². The first-order valence-corrected chi connectivity index (χ1v) is 13.4. The normalized spacial score (nSPS) is 18.5. The fourth-order valence-corrected chi connectivity index (χ4v) is 5.48. The van der Waals surface area contributed by atoms with Gasteiger partial charge in [-0.15, -0.1) is 0 Å². The zero-order valence-electron chi connectivity index (χ0n) is 20.5. The molecule has 1 aromatic heterocycles. The first-order valence-electron chi connectivity index (χ1n) is 12.7. The molecule has 2 amide bonds. The molecule has 1 atom stereocenters. The summed E-state index contributed by atoms with van der Waals surface area (Å²) >= 11 is 12.3. The Labute approximate surface area is 225 Å². The van der Waals surface area contributed by atoms with E-state index in [0.717, 1.165) is 51.7 Å². The summed E-state index contributed by atoms with van der Waals surface area (Å²) in [5, 5.41) is 8.08. The van der Waals surface area contributed by atoms with E-state index in [9.17, 15) is 9.59 Å².